The summed E-state index contributed by atoms with van der Waals surface area (Å²) >= 11 is 5.86. The van der Waals surface area contributed by atoms with Crippen LogP contribution in [0.25, 0.3) is 0 Å². The van der Waals surface area contributed by atoms with E-state index in [9.17, 15) is 9.18 Å². The fourth-order valence-electron chi connectivity index (χ4n) is 2.75. The second-order valence-corrected chi connectivity index (χ2v) is 5.92. The van der Waals surface area contributed by atoms with Crippen molar-refractivity contribution in [1.29, 1.82) is 0 Å². The summed E-state index contributed by atoms with van der Waals surface area (Å²) in [4.78, 5) is 14.6. The van der Waals surface area contributed by atoms with Gasteiger partial charge in [-0.1, -0.05) is 55.8 Å². The highest BCUT2D eigenvalue weighted by atomic mass is 35.5. The Morgan fingerprint density at radius 3 is 2.46 bits per heavy atom. The molecule has 3 nitrogen and oxygen atoms in total. The standard InChI is InChI=1S/C19H22ClFN2O/c1-3-23(4-2)18(14-8-6-5-7-9-14)13-22-19(24)16-12-15(20)10-11-17(16)21/h5-12,18H,3-4,13H2,1-2H3,(H,22,24)/t18-/m0/s1. The van der Waals surface area contributed by atoms with Crippen molar-refractivity contribution in [2.75, 3.05) is 19.6 Å². The molecule has 0 spiro atoms. The number of amides is 1. The van der Waals surface area contributed by atoms with Crippen LogP contribution in [0.5, 0.6) is 0 Å². The Bertz CT molecular complexity index is 674. The van der Waals surface area contributed by atoms with E-state index in [1.807, 2.05) is 30.3 Å². The second kappa shape index (κ2) is 8.81. The monoisotopic (exact) mass is 348 g/mol. The first kappa shape index (κ1) is 18.4. The van der Waals surface area contributed by atoms with Gasteiger partial charge in [-0.05, 0) is 36.9 Å². The van der Waals surface area contributed by atoms with Gasteiger partial charge < -0.3 is 5.32 Å². The zero-order valence-corrected chi connectivity index (χ0v) is 14.7. The molecular weight excluding hydrogens is 327 g/mol. The molecule has 2 rings (SSSR count). The normalized spacial score (nSPS) is 12.2. The average molecular weight is 349 g/mol. The molecule has 0 aromatic heterocycles. The molecule has 128 valence electrons. The molecule has 0 aliphatic heterocycles. The number of halogens is 2. The van der Waals surface area contributed by atoms with Crippen LogP contribution < -0.4 is 5.32 Å². The van der Waals surface area contributed by atoms with Crippen LogP contribution in [0.2, 0.25) is 5.02 Å². The molecule has 0 aliphatic rings. The molecular formula is C19H22ClFN2O. The summed E-state index contributed by atoms with van der Waals surface area (Å²) in [6, 6.07) is 14.0. The third-order valence-corrected chi connectivity index (χ3v) is 4.30. The summed E-state index contributed by atoms with van der Waals surface area (Å²) in [5.74, 6) is -1.03. The Kier molecular flexibility index (Phi) is 6.76. The van der Waals surface area contributed by atoms with E-state index in [-0.39, 0.29) is 11.6 Å². The largest absolute Gasteiger partial charge is 0.350 e. The fourth-order valence-corrected chi connectivity index (χ4v) is 2.93. The summed E-state index contributed by atoms with van der Waals surface area (Å²) in [6.45, 7) is 6.28. The first-order chi connectivity index (χ1) is 11.6. The lowest BCUT2D eigenvalue weighted by Crippen LogP contribution is -2.38. The molecule has 5 heteroatoms. The molecule has 0 heterocycles. The number of benzene rings is 2. The van der Waals surface area contributed by atoms with Crippen molar-refractivity contribution in [2.45, 2.75) is 19.9 Å². The molecule has 0 fully saturated rings. The van der Waals surface area contributed by atoms with Gasteiger partial charge >= 0.3 is 0 Å². The van der Waals surface area contributed by atoms with Crippen LogP contribution in [0.1, 0.15) is 35.8 Å². The second-order valence-electron chi connectivity index (χ2n) is 5.48. The molecule has 0 saturated carbocycles. The maximum atomic E-state index is 13.8. The van der Waals surface area contributed by atoms with Gasteiger partial charge in [0.1, 0.15) is 5.82 Å². The molecule has 1 atom stereocenters. The van der Waals surface area contributed by atoms with Crippen molar-refractivity contribution in [3.05, 3.63) is 70.5 Å². The van der Waals surface area contributed by atoms with Gasteiger partial charge in [0.15, 0.2) is 0 Å². The van der Waals surface area contributed by atoms with Gasteiger partial charge in [-0.2, -0.15) is 0 Å². The SMILES string of the molecule is CCN(CC)[C@@H](CNC(=O)c1cc(Cl)ccc1F)c1ccccc1. The summed E-state index contributed by atoms with van der Waals surface area (Å²) in [6.07, 6.45) is 0. The van der Waals surface area contributed by atoms with Crippen LogP contribution in [-0.4, -0.2) is 30.4 Å². The summed E-state index contributed by atoms with van der Waals surface area (Å²) < 4.78 is 13.8. The van der Waals surface area contributed by atoms with Gasteiger partial charge in [0.05, 0.1) is 11.6 Å². The number of hydrogen-bond acceptors (Lipinski definition) is 2. The Balaban J connectivity index is 2.15. The Morgan fingerprint density at radius 2 is 1.83 bits per heavy atom. The summed E-state index contributed by atoms with van der Waals surface area (Å²) in [7, 11) is 0. The number of nitrogens with zero attached hydrogens (tertiary/aromatic N) is 1. The Labute approximate surface area is 147 Å². The number of nitrogens with one attached hydrogen (secondary N) is 1. The van der Waals surface area contributed by atoms with E-state index in [1.54, 1.807) is 0 Å². The van der Waals surface area contributed by atoms with Crippen molar-refractivity contribution in [2.24, 2.45) is 0 Å². The molecule has 0 aliphatic carbocycles. The predicted molar refractivity (Wildman–Crippen MR) is 95.8 cm³/mol. The van der Waals surface area contributed by atoms with Crippen molar-refractivity contribution >= 4 is 17.5 Å². The molecule has 2 aromatic rings. The van der Waals surface area contributed by atoms with E-state index in [1.165, 1.54) is 18.2 Å². The Morgan fingerprint density at radius 1 is 1.17 bits per heavy atom. The van der Waals surface area contributed by atoms with E-state index in [2.05, 4.69) is 24.1 Å². The lowest BCUT2D eigenvalue weighted by atomic mass is 10.0. The number of carbonyl (C=O) groups excluding carboxylic acids is 1. The minimum atomic E-state index is -0.573. The highest BCUT2D eigenvalue weighted by molar-refractivity contribution is 6.31. The van der Waals surface area contributed by atoms with Crippen LogP contribution in [0.15, 0.2) is 48.5 Å². The van der Waals surface area contributed by atoms with Crippen LogP contribution in [0, 0.1) is 5.82 Å². The first-order valence-electron chi connectivity index (χ1n) is 8.09. The minimum Gasteiger partial charge on any atom is -0.350 e. The zero-order valence-electron chi connectivity index (χ0n) is 13.9. The van der Waals surface area contributed by atoms with Gasteiger partial charge in [-0.15, -0.1) is 0 Å². The van der Waals surface area contributed by atoms with Crippen molar-refractivity contribution < 1.29 is 9.18 Å². The molecule has 0 unspecified atom stereocenters. The zero-order chi connectivity index (χ0) is 17.5. The van der Waals surface area contributed by atoms with Gasteiger partial charge in [0.25, 0.3) is 5.91 Å². The minimum absolute atomic E-state index is 0.0335. The van der Waals surface area contributed by atoms with Crippen LogP contribution >= 0.6 is 11.6 Å². The molecule has 24 heavy (non-hydrogen) atoms. The van der Waals surface area contributed by atoms with Gasteiger partial charge in [-0.25, -0.2) is 4.39 Å². The van der Waals surface area contributed by atoms with Crippen LogP contribution in [0.4, 0.5) is 4.39 Å². The lowest BCUT2D eigenvalue weighted by molar-refractivity contribution is 0.0931. The maximum Gasteiger partial charge on any atom is 0.254 e. The van der Waals surface area contributed by atoms with Gasteiger partial charge in [-0.3, -0.25) is 9.69 Å². The van der Waals surface area contributed by atoms with Gasteiger partial charge in [0.2, 0.25) is 0 Å². The highest BCUT2D eigenvalue weighted by Crippen LogP contribution is 2.20. The summed E-state index contributed by atoms with van der Waals surface area (Å²) in [5, 5.41) is 3.17. The van der Waals surface area contributed by atoms with E-state index in [4.69, 9.17) is 11.6 Å². The quantitative estimate of drug-likeness (QED) is 0.809. The molecule has 2 aromatic carbocycles. The first-order valence-corrected chi connectivity index (χ1v) is 8.46. The molecule has 1 amide bonds. The van der Waals surface area contributed by atoms with E-state index < -0.39 is 11.7 Å². The Hall–Kier alpha value is -1.91. The molecule has 0 saturated heterocycles. The lowest BCUT2D eigenvalue weighted by Gasteiger charge is -2.30. The fraction of sp³-hybridized carbons (Fsp3) is 0.316. The number of carbonyl (C=O) groups is 1. The molecule has 0 bridgehead atoms. The average Bonchev–Trinajstić information content (AvgIpc) is 2.61. The van der Waals surface area contributed by atoms with Crippen molar-refractivity contribution in [1.82, 2.24) is 10.2 Å². The van der Waals surface area contributed by atoms with Gasteiger partial charge in [0, 0.05) is 11.6 Å². The maximum absolute atomic E-state index is 13.8. The van der Waals surface area contributed by atoms with Crippen LogP contribution in [-0.2, 0) is 0 Å². The topological polar surface area (TPSA) is 32.3 Å². The van der Waals surface area contributed by atoms with Crippen LogP contribution in [0.3, 0.4) is 0 Å². The third kappa shape index (κ3) is 4.56. The van der Waals surface area contributed by atoms with Crippen molar-refractivity contribution in [3.8, 4) is 0 Å². The predicted octanol–water partition coefficient (Wildman–Crippen LogP) is 4.29. The number of likely N-dealkylation sites (N-methyl/N-ethyl adjacent to an activating group) is 1. The molecule has 0 radical (unpaired) electrons. The summed E-state index contributed by atoms with van der Waals surface area (Å²) in [5.41, 5.74) is 1.09. The number of rotatable bonds is 7. The smallest absolute Gasteiger partial charge is 0.254 e. The van der Waals surface area contributed by atoms with E-state index in [0.29, 0.717) is 11.6 Å². The van der Waals surface area contributed by atoms with E-state index in [0.717, 1.165) is 18.7 Å². The molecule has 1 N–H and O–H groups in total. The third-order valence-electron chi connectivity index (χ3n) is 4.07. The van der Waals surface area contributed by atoms with Crippen molar-refractivity contribution in [3.63, 3.8) is 0 Å². The number of hydrogen-bond donors (Lipinski definition) is 1. The highest BCUT2D eigenvalue weighted by Gasteiger charge is 2.20. The van der Waals surface area contributed by atoms with E-state index >= 15 is 0 Å².